The van der Waals surface area contributed by atoms with Gasteiger partial charge in [0, 0.05) is 23.9 Å². The monoisotopic (exact) mass is 246 g/mol. The first kappa shape index (κ1) is 14.2. The number of hydroxylamine groups is 3. The van der Waals surface area contributed by atoms with Crippen molar-refractivity contribution in [3.05, 3.63) is 0 Å². The number of nitrogens with zero attached hydrogens (tertiary/aromatic N) is 1. The topological polar surface area (TPSA) is 71.0 Å². The van der Waals surface area contributed by atoms with Crippen LogP contribution in [0.2, 0.25) is 0 Å². The molecule has 0 spiro atoms. The van der Waals surface area contributed by atoms with Crippen LogP contribution in [0, 0.1) is 0 Å². The maximum Gasteiger partial charge on any atom is 0.431 e. The van der Waals surface area contributed by atoms with E-state index in [2.05, 4.69) is 10.3 Å². The van der Waals surface area contributed by atoms with Gasteiger partial charge in [0.05, 0.1) is 7.11 Å². The van der Waals surface area contributed by atoms with Gasteiger partial charge in [-0.15, -0.1) is 0 Å². The number of rotatable bonds is 2. The normalized spacial score (nSPS) is 24.4. The zero-order valence-electron chi connectivity index (χ0n) is 11.1. The van der Waals surface area contributed by atoms with Crippen LogP contribution in [-0.2, 0) is 9.57 Å². The molecule has 0 atom stereocenters. The highest BCUT2D eigenvalue weighted by molar-refractivity contribution is 5.66. The molecule has 0 saturated carbocycles. The summed E-state index contributed by atoms with van der Waals surface area (Å²) < 4.78 is 5.24. The molecule has 1 amide bonds. The van der Waals surface area contributed by atoms with Crippen molar-refractivity contribution in [2.24, 2.45) is 0 Å². The lowest BCUT2D eigenvalue weighted by Crippen LogP contribution is -2.60. The van der Waals surface area contributed by atoms with Gasteiger partial charge in [-0.25, -0.2) is 4.79 Å². The molecule has 1 fully saturated rings. The number of nitrogens with one attached hydrogen (secondary N) is 1. The summed E-state index contributed by atoms with van der Waals surface area (Å²) in [6.45, 7) is 7.66. The molecule has 0 bridgehead atoms. The minimum Gasteiger partial charge on any atom is -0.445 e. The Bertz CT molecular complexity index is 273. The largest absolute Gasteiger partial charge is 0.445 e. The van der Waals surface area contributed by atoms with Gasteiger partial charge in [-0.2, -0.15) is 10.5 Å². The molecule has 2 N–H and O–H groups in total. The van der Waals surface area contributed by atoms with Gasteiger partial charge in [-0.05, 0) is 27.7 Å². The maximum atomic E-state index is 11.3. The van der Waals surface area contributed by atoms with E-state index in [1.807, 2.05) is 27.7 Å². The number of piperidine rings is 1. The number of hydrogen-bond donors (Lipinski definition) is 2. The summed E-state index contributed by atoms with van der Waals surface area (Å²) in [5.41, 5.74) is 1.26. The Labute approximate surface area is 102 Å². The predicted molar refractivity (Wildman–Crippen MR) is 61.4 cm³/mol. The fourth-order valence-electron chi connectivity index (χ4n) is 2.52. The predicted octanol–water partition coefficient (Wildman–Crippen LogP) is 1.68. The van der Waals surface area contributed by atoms with Crippen LogP contribution in [-0.4, -0.2) is 40.7 Å². The highest BCUT2D eigenvalue weighted by atomic mass is 16.7. The Morgan fingerprint density at radius 1 is 1.29 bits per heavy atom. The quantitative estimate of drug-likeness (QED) is 0.725. The average Bonchev–Trinajstić information content (AvgIpc) is 2.13. The number of carbonyl (C=O) groups is 1. The third-order valence-corrected chi connectivity index (χ3v) is 3.06. The lowest BCUT2D eigenvalue weighted by molar-refractivity contribution is -0.257. The molecule has 17 heavy (non-hydrogen) atoms. The first-order valence-corrected chi connectivity index (χ1v) is 5.68. The second-order valence-corrected chi connectivity index (χ2v) is 5.68. The lowest BCUT2D eigenvalue weighted by atomic mass is 9.80. The lowest BCUT2D eigenvalue weighted by Gasteiger charge is -2.50. The minimum absolute atomic E-state index is 0.237. The molecule has 1 rings (SSSR count). The van der Waals surface area contributed by atoms with Crippen molar-refractivity contribution in [1.82, 2.24) is 10.5 Å². The van der Waals surface area contributed by atoms with Gasteiger partial charge in [0.15, 0.2) is 0 Å². The Morgan fingerprint density at radius 3 is 2.18 bits per heavy atom. The molecule has 6 nitrogen and oxygen atoms in total. The van der Waals surface area contributed by atoms with Gasteiger partial charge in [0.25, 0.3) is 0 Å². The van der Waals surface area contributed by atoms with Crippen molar-refractivity contribution in [2.75, 3.05) is 7.11 Å². The number of carbonyl (C=O) groups excluding carboxylic acids is 1. The molecule has 0 aliphatic carbocycles. The first-order valence-electron chi connectivity index (χ1n) is 5.68. The maximum absolute atomic E-state index is 11.3. The van der Waals surface area contributed by atoms with Gasteiger partial charge in [0.2, 0.25) is 0 Å². The SMILES string of the molecule is CONC(=O)OC1CC(C)(C)N(O)C(C)(C)C1. The molecule has 0 radical (unpaired) electrons. The van der Waals surface area contributed by atoms with E-state index in [9.17, 15) is 10.0 Å². The van der Waals surface area contributed by atoms with Crippen LogP contribution in [0.15, 0.2) is 0 Å². The number of hydrogen-bond acceptors (Lipinski definition) is 5. The molecule has 100 valence electrons. The van der Waals surface area contributed by atoms with E-state index in [0.29, 0.717) is 12.8 Å². The Morgan fingerprint density at radius 2 is 1.76 bits per heavy atom. The zero-order chi connectivity index (χ0) is 13.3. The van der Waals surface area contributed by atoms with Crippen molar-refractivity contribution in [2.45, 2.75) is 57.7 Å². The van der Waals surface area contributed by atoms with E-state index >= 15 is 0 Å². The van der Waals surface area contributed by atoms with E-state index in [4.69, 9.17) is 4.74 Å². The van der Waals surface area contributed by atoms with Crippen LogP contribution >= 0.6 is 0 Å². The molecule has 1 aliphatic heterocycles. The molecular weight excluding hydrogens is 224 g/mol. The fourth-order valence-corrected chi connectivity index (χ4v) is 2.52. The zero-order valence-corrected chi connectivity index (χ0v) is 11.1. The Kier molecular flexibility index (Phi) is 4.01. The summed E-state index contributed by atoms with van der Waals surface area (Å²) in [4.78, 5) is 15.8. The highest BCUT2D eigenvalue weighted by Crippen LogP contribution is 2.37. The molecule has 1 aliphatic rings. The van der Waals surface area contributed by atoms with Crippen LogP contribution in [0.1, 0.15) is 40.5 Å². The summed E-state index contributed by atoms with van der Waals surface area (Å²) in [5, 5.41) is 11.4. The summed E-state index contributed by atoms with van der Waals surface area (Å²) in [6, 6.07) is 0. The summed E-state index contributed by atoms with van der Waals surface area (Å²) in [6.07, 6.45) is 0.308. The Balaban J connectivity index is 2.68. The smallest absolute Gasteiger partial charge is 0.431 e. The van der Waals surface area contributed by atoms with Crippen LogP contribution in [0.5, 0.6) is 0 Å². The van der Waals surface area contributed by atoms with Gasteiger partial charge >= 0.3 is 6.09 Å². The van der Waals surface area contributed by atoms with E-state index in [1.165, 1.54) is 12.2 Å². The van der Waals surface area contributed by atoms with Crippen LogP contribution in [0.4, 0.5) is 4.79 Å². The van der Waals surface area contributed by atoms with Crippen LogP contribution in [0.3, 0.4) is 0 Å². The van der Waals surface area contributed by atoms with Gasteiger partial charge in [-0.1, -0.05) is 0 Å². The van der Waals surface area contributed by atoms with Crippen molar-refractivity contribution < 1.29 is 19.6 Å². The van der Waals surface area contributed by atoms with Gasteiger partial charge in [0.1, 0.15) is 6.10 Å². The number of ether oxygens (including phenoxy) is 1. The molecule has 0 aromatic rings. The summed E-state index contributed by atoms with van der Waals surface area (Å²) in [5.74, 6) is 0. The van der Waals surface area contributed by atoms with E-state index in [-0.39, 0.29) is 6.10 Å². The second kappa shape index (κ2) is 4.80. The standard InChI is InChI=1S/C11H22N2O4/c1-10(2)6-8(17-9(14)12-16-5)7-11(3,4)13(10)15/h8,15H,6-7H2,1-5H3,(H,12,14). The number of amides is 1. The van der Waals surface area contributed by atoms with Crippen molar-refractivity contribution in [1.29, 1.82) is 0 Å². The molecule has 0 aromatic carbocycles. The third kappa shape index (κ3) is 3.31. The van der Waals surface area contributed by atoms with Crippen LogP contribution in [0.25, 0.3) is 0 Å². The molecule has 0 aromatic heterocycles. The molecule has 0 unspecified atom stereocenters. The van der Waals surface area contributed by atoms with E-state index in [1.54, 1.807) is 0 Å². The van der Waals surface area contributed by atoms with Gasteiger partial charge in [-0.3, -0.25) is 4.84 Å². The molecule has 1 heterocycles. The van der Waals surface area contributed by atoms with Gasteiger partial charge < -0.3 is 9.94 Å². The fraction of sp³-hybridized carbons (Fsp3) is 0.909. The summed E-state index contributed by atoms with van der Waals surface area (Å²) in [7, 11) is 1.35. The minimum atomic E-state index is -0.601. The molecular formula is C11H22N2O4. The van der Waals surface area contributed by atoms with Crippen molar-refractivity contribution in [3.8, 4) is 0 Å². The van der Waals surface area contributed by atoms with E-state index in [0.717, 1.165) is 0 Å². The highest BCUT2D eigenvalue weighted by Gasteiger charge is 2.46. The van der Waals surface area contributed by atoms with E-state index < -0.39 is 17.2 Å². The second-order valence-electron chi connectivity index (χ2n) is 5.68. The van der Waals surface area contributed by atoms with Crippen LogP contribution < -0.4 is 5.48 Å². The molecule has 6 heteroatoms. The van der Waals surface area contributed by atoms with Crippen molar-refractivity contribution in [3.63, 3.8) is 0 Å². The third-order valence-electron chi connectivity index (χ3n) is 3.06. The van der Waals surface area contributed by atoms with Crippen molar-refractivity contribution >= 4 is 6.09 Å². The average molecular weight is 246 g/mol. The Hall–Kier alpha value is -0.850. The summed E-state index contributed by atoms with van der Waals surface area (Å²) >= 11 is 0. The molecule has 1 saturated heterocycles. The first-order chi connectivity index (χ1) is 7.69.